The molecule has 0 aliphatic heterocycles. The Kier molecular flexibility index (Phi) is 8.80. The molecule has 21 heavy (non-hydrogen) atoms. The molecule has 0 amide bonds. The average Bonchev–Trinajstić information content (AvgIpc) is 2.51. The maximum atomic E-state index is 12.3. The van der Waals surface area contributed by atoms with E-state index >= 15 is 0 Å². The molecule has 1 aromatic carbocycles. The second kappa shape index (κ2) is 10.4. The van der Waals surface area contributed by atoms with Crippen LogP contribution < -0.4 is 0 Å². The first kappa shape index (κ1) is 17.7. The normalized spacial score (nSPS) is 10.6. The van der Waals surface area contributed by atoms with Gasteiger partial charge >= 0.3 is 5.97 Å². The number of unbranched alkanes of at least 4 members (excludes halogenated alkanes) is 3. The summed E-state index contributed by atoms with van der Waals surface area (Å²) in [6.07, 6.45) is 8.65. The van der Waals surface area contributed by atoms with Crippen LogP contribution in [0.25, 0.3) is 0 Å². The monoisotopic (exact) mass is 290 g/mol. The van der Waals surface area contributed by atoms with Crippen LogP contribution in [0.5, 0.6) is 0 Å². The van der Waals surface area contributed by atoms with Gasteiger partial charge in [0, 0.05) is 0 Å². The number of carbonyl (C=O) groups excluding carboxylic acids is 1. The van der Waals surface area contributed by atoms with Crippen molar-refractivity contribution in [3.05, 3.63) is 34.9 Å². The minimum atomic E-state index is -0.145. The zero-order valence-electron chi connectivity index (χ0n) is 13.9. The zero-order valence-corrected chi connectivity index (χ0v) is 13.9. The first-order valence-electron chi connectivity index (χ1n) is 8.52. The lowest BCUT2D eigenvalue weighted by atomic mass is 9.93. The number of ether oxygens (including phenoxy) is 1. The van der Waals surface area contributed by atoms with Crippen molar-refractivity contribution in [3.8, 4) is 0 Å². The predicted molar refractivity (Wildman–Crippen MR) is 88.9 cm³/mol. The molecule has 2 heteroatoms. The fourth-order valence-electron chi connectivity index (χ4n) is 2.46. The molecular weight excluding hydrogens is 260 g/mol. The van der Waals surface area contributed by atoms with Crippen molar-refractivity contribution in [2.24, 2.45) is 0 Å². The summed E-state index contributed by atoms with van der Waals surface area (Å²) in [6.45, 7) is 7.02. The molecule has 118 valence electrons. The summed E-state index contributed by atoms with van der Waals surface area (Å²) >= 11 is 0. The molecule has 0 atom stereocenters. The van der Waals surface area contributed by atoms with E-state index in [2.05, 4.69) is 26.8 Å². The van der Waals surface area contributed by atoms with Gasteiger partial charge in [-0.15, -0.1) is 0 Å². The quantitative estimate of drug-likeness (QED) is 0.430. The number of aryl methyl sites for hydroxylation is 1. The van der Waals surface area contributed by atoms with Crippen LogP contribution >= 0.6 is 0 Å². The second-order valence-electron chi connectivity index (χ2n) is 5.64. The fraction of sp³-hybridized carbons (Fsp3) is 0.632. The van der Waals surface area contributed by atoms with E-state index in [-0.39, 0.29) is 5.97 Å². The number of hydrogen-bond donors (Lipinski definition) is 0. The van der Waals surface area contributed by atoms with Crippen molar-refractivity contribution in [2.45, 2.75) is 72.1 Å². The highest BCUT2D eigenvalue weighted by Gasteiger charge is 2.15. The van der Waals surface area contributed by atoms with Gasteiger partial charge in [0.15, 0.2) is 0 Å². The van der Waals surface area contributed by atoms with Crippen molar-refractivity contribution in [2.75, 3.05) is 6.61 Å². The van der Waals surface area contributed by atoms with Gasteiger partial charge in [-0.25, -0.2) is 4.79 Å². The molecule has 0 aromatic heterocycles. The summed E-state index contributed by atoms with van der Waals surface area (Å²) in [6, 6.07) is 6.09. The second-order valence-corrected chi connectivity index (χ2v) is 5.64. The van der Waals surface area contributed by atoms with Crippen molar-refractivity contribution in [3.63, 3.8) is 0 Å². The maximum Gasteiger partial charge on any atom is 0.338 e. The van der Waals surface area contributed by atoms with Gasteiger partial charge in [-0.3, -0.25) is 0 Å². The molecule has 0 spiro atoms. The van der Waals surface area contributed by atoms with Crippen molar-refractivity contribution in [1.82, 2.24) is 0 Å². The Balaban J connectivity index is 2.91. The van der Waals surface area contributed by atoms with Gasteiger partial charge in [0.05, 0.1) is 12.2 Å². The SMILES string of the molecule is CCCCOC(=O)c1cccc(CCCC)c1CCCC. The topological polar surface area (TPSA) is 26.3 Å². The van der Waals surface area contributed by atoms with Crippen molar-refractivity contribution < 1.29 is 9.53 Å². The summed E-state index contributed by atoms with van der Waals surface area (Å²) < 4.78 is 5.41. The third-order valence-electron chi connectivity index (χ3n) is 3.80. The van der Waals surface area contributed by atoms with Crippen LogP contribution in [0.2, 0.25) is 0 Å². The Hall–Kier alpha value is -1.31. The van der Waals surface area contributed by atoms with Crippen LogP contribution in [0.3, 0.4) is 0 Å². The van der Waals surface area contributed by atoms with E-state index in [1.54, 1.807) is 0 Å². The predicted octanol–water partition coefficient (Wildman–Crippen LogP) is 5.33. The molecule has 0 aliphatic carbocycles. The van der Waals surface area contributed by atoms with E-state index in [1.165, 1.54) is 24.0 Å². The standard InChI is InChI=1S/C19H30O2/c1-4-7-11-16-12-10-14-18(17(16)13-8-5-2)19(20)21-15-9-6-3/h10,12,14H,4-9,11,13,15H2,1-3H3. The summed E-state index contributed by atoms with van der Waals surface area (Å²) in [7, 11) is 0. The van der Waals surface area contributed by atoms with Crippen LogP contribution in [-0.2, 0) is 17.6 Å². The van der Waals surface area contributed by atoms with Gasteiger partial charge in [-0.05, 0) is 49.3 Å². The smallest absolute Gasteiger partial charge is 0.338 e. The average molecular weight is 290 g/mol. The van der Waals surface area contributed by atoms with Crippen molar-refractivity contribution in [1.29, 1.82) is 0 Å². The Bertz CT molecular complexity index is 424. The fourth-order valence-corrected chi connectivity index (χ4v) is 2.46. The van der Waals surface area contributed by atoms with Crippen LogP contribution in [0.1, 0.15) is 80.8 Å². The molecule has 2 nitrogen and oxygen atoms in total. The number of esters is 1. The molecule has 0 heterocycles. The summed E-state index contributed by atoms with van der Waals surface area (Å²) in [4.78, 5) is 12.3. The lowest BCUT2D eigenvalue weighted by Gasteiger charge is -2.14. The number of carbonyl (C=O) groups is 1. The van der Waals surface area contributed by atoms with Gasteiger partial charge in [-0.1, -0.05) is 52.2 Å². The van der Waals surface area contributed by atoms with Crippen LogP contribution in [0.4, 0.5) is 0 Å². The summed E-state index contributed by atoms with van der Waals surface area (Å²) in [5.41, 5.74) is 3.33. The Morgan fingerprint density at radius 1 is 0.952 bits per heavy atom. The lowest BCUT2D eigenvalue weighted by molar-refractivity contribution is 0.0498. The van der Waals surface area contributed by atoms with Gasteiger partial charge in [-0.2, -0.15) is 0 Å². The minimum Gasteiger partial charge on any atom is -0.462 e. The first-order chi connectivity index (χ1) is 10.2. The van der Waals surface area contributed by atoms with E-state index in [0.29, 0.717) is 6.61 Å². The zero-order chi connectivity index (χ0) is 15.5. The van der Waals surface area contributed by atoms with Gasteiger partial charge in [0.1, 0.15) is 0 Å². The first-order valence-corrected chi connectivity index (χ1v) is 8.52. The number of rotatable bonds is 10. The summed E-state index contributed by atoms with van der Waals surface area (Å²) in [5, 5.41) is 0. The van der Waals surface area contributed by atoms with E-state index in [1.807, 2.05) is 12.1 Å². The molecule has 1 rings (SSSR count). The Morgan fingerprint density at radius 3 is 2.29 bits per heavy atom. The number of benzene rings is 1. The molecule has 0 saturated heterocycles. The highest BCUT2D eigenvalue weighted by molar-refractivity contribution is 5.91. The molecule has 0 unspecified atom stereocenters. The molecule has 0 saturated carbocycles. The Morgan fingerprint density at radius 2 is 1.62 bits per heavy atom. The van der Waals surface area contributed by atoms with Gasteiger partial charge in [0.25, 0.3) is 0 Å². The van der Waals surface area contributed by atoms with Gasteiger partial charge in [0.2, 0.25) is 0 Å². The van der Waals surface area contributed by atoms with Crippen molar-refractivity contribution >= 4 is 5.97 Å². The molecule has 1 aromatic rings. The maximum absolute atomic E-state index is 12.3. The third-order valence-corrected chi connectivity index (χ3v) is 3.80. The molecule has 0 N–H and O–H groups in total. The molecule has 0 bridgehead atoms. The number of hydrogen-bond acceptors (Lipinski definition) is 2. The highest BCUT2D eigenvalue weighted by Crippen LogP contribution is 2.21. The molecule has 0 radical (unpaired) electrons. The molecule has 0 aliphatic rings. The van der Waals surface area contributed by atoms with E-state index < -0.39 is 0 Å². The third kappa shape index (κ3) is 5.91. The highest BCUT2D eigenvalue weighted by atomic mass is 16.5. The lowest BCUT2D eigenvalue weighted by Crippen LogP contribution is -2.11. The summed E-state index contributed by atoms with van der Waals surface area (Å²) in [5.74, 6) is -0.145. The Labute approximate surface area is 129 Å². The van der Waals surface area contributed by atoms with E-state index in [0.717, 1.165) is 44.1 Å². The molecule has 0 fully saturated rings. The van der Waals surface area contributed by atoms with Gasteiger partial charge < -0.3 is 4.74 Å². The van der Waals surface area contributed by atoms with Crippen LogP contribution in [0.15, 0.2) is 18.2 Å². The minimum absolute atomic E-state index is 0.145. The van der Waals surface area contributed by atoms with E-state index in [9.17, 15) is 4.79 Å². The van der Waals surface area contributed by atoms with E-state index in [4.69, 9.17) is 4.74 Å². The van der Waals surface area contributed by atoms with Crippen LogP contribution in [-0.4, -0.2) is 12.6 Å². The molecular formula is C19H30O2. The largest absolute Gasteiger partial charge is 0.462 e. The van der Waals surface area contributed by atoms with Crippen LogP contribution in [0, 0.1) is 0 Å².